The Kier molecular flexibility index (Phi) is 2.80. The molecule has 0 spiro atoms. The van der Waals surface area contributed by atoms with Gasteiger partial charge in [-0.2, -0.15) is 0 Å². The van der Waals surface area contributed by atoms with Crippen molar-refractivity contribution in [1.82, 2.24) is 9.55 Å². The van der Waals surface area contributed by atoms with Crippen molar-refractivity contribution in [3.8, 4) is 22.5 Å². The van der Waals surface area contributed by atoms with Crippen LogP contribution in [0.25, 0.3) is 22.5 Å². The fourth-order valence-electron chi connectivity index (χ4n) is 2.27. The quantitative estimate of drug-likeness (QED) is 0.745. The Bertz CT molecular complexity index is 739. The zero-order valence-electron chi connectivity index (χ0n) is 10.6. The smallest absolute Gasteiger partial charge is 0.305 e. The van der Waals surface area contributed by atoms with Gasteiger partial charge < -0.3 is 4.98 Å². The van der Waals surface area contributed by atoms with Gasteiger partial charge in [0.1, 0.15) is 0 Å². The fraction of sp³-hybridized carbons (Fsp3) is 0.0625. The van der Waals surface area contributed by atoms with E-state index >= 15 is 0 Å². The molecule has 0 bridgehead atoms. The normalized spacial score (nSPS) is 10.6. The van der Waals surface area contributed by atoms with E-state index in [0.717, 1.165) is 22.5 Å². The molecular weight excluding hydrogens is 236 g/mol. The van der Waals surface area contributed by atoms with E-state index in [4.69, 9.17) is 0 Å². The molecular formula is C16H14N2O. The third-order valence-corrected chi connectivity index (χ3v) is 3.22. The number of rotatable bonds is 2. The number of benzene rings is 2. The van der Waals surface area contributed by atoms with E-state index in [-0.39, 0.29) is 5.69 Å². The van der Waals surface area contributed by atoms with E-state index < -0.39 is 0 Å². The molecule has 0 unspecified atom stereocenters. The molecule has 19 heavy (non-hydrogen) atoms. The molecule has 2 aromatic carbocycles. The predicted molar refractivity (Wildman–Crippen MR) is 76.9 cm³/mol. The number of nitrogens with one attached hydrogen (secondary N) is 1. The molecule has 0 aliphatic rings. The van der Waals surface area contributed by atoms with Gasteiger partial charge in [0.2, 0.25) is 0 Å². The predicted octanol–water partition coefficient (Wildman–Crippen LogP) is 3.05. The summed E-state index contributed by atoms with van der Waals surface area (Å²) in [6.07, 6.45) is 0. The van der Waals surface area contributed by atoms with Gasteiger partial charge in [0.25, 0.3) is 0 Å². The second-order valence-corrected chi connectivity index (χ2v) is 4.44. The number of H-pyrrole nitrogens is 1. The number of aromatic amines is 1. The molecule has 3 heteroatoms. The second-order valence-electron chi connectivity index (χ2n) is 4.44. The van der Waals surface area contributed by atoms with Crippen molar-refractivity contribution in [2.45, 2.75) is 0 Å². The lowest BCUT2D eigenvalue weighted by atomic mass is 10.1. The van der Waals surface area contributed by atoms with Gasteiger partial charge in [-0.15, -0.1) is 0 Å². The summed E-state index contributed by atoms with van der Waals surface area (Å²) in [5.41, 5.74) is 3.72. The molecule has 0 saturated carbocycles. The Morgan fingerprint density at radius 2 is 1.37 bits per heavy atom. The monoisotopic (exact) mass is 250 g/mol. The number of imidazole rings is 1. The van der Waals surface area contributed by atoms with Crippen molar-refractivity contribution in [2.75, 3.05) is 0 Å². The number of hydrogen-bond acceptors (Lipinski definition) is 1. The third-order valence-electron chi connectivity index (χ3n) is 3.22. The maximum atomic E-state index is 11.9. The van der Waals surface area contributed by atoms with E-state index in [9.17, 15) is 4.79 Å². The van der Waals surface area contributed by atoms with E-state index in [2.05, 4.69) is 4.98 Å². The van der Waals surface area contributed by atoms with Crippen LogP contribution in [0.15, 0.2) is 65.5 Å². The van der Waals surface area contributed by atoms with E-state index in [1.165, 1.54) is 0 Å². The minimum Gasteiger partial charge on any atom is -0.305 e. The molecule has 1 N–H and O–H groups in total. The van der Waals surface area contributed by atoms with Crippen LogP contribution >= 0.6 is 0 Å². The largest absolute Gasteiger partial charge is 0.326 e. The fourth-order valence-corrected chi connectivity index (χ4v) is 2.27. The maximum absolute atomic E-state index is 11.9. The number of nitrogens with zero attached hydrogens (tertiary/aromatic N) is 1. The van der Waals surface area contributed by atoms with Crippen molar-refractivity contribution in [2.24, 2.45) is 7.05 Å². The lowest BCUT2D eigenvalue weighted by Crippen LogP contribution is -2.12. The minimum atomic E-state index is -0.0993. The molecule has 3 rings (SSSR count). The minimum absolute atomic E-state index is 0.0993. The van der Waals surface area contributed by atoms with Gasteiger partial charge >= 0.3 is 5.69 Å². The SMILES string of the molecule is Cn1c(-c2ccccc2)c(-c2ccccc2)[nH]c1=O. The van der Waals surface area contributed by atoms with Crippen LogP contribution in [0.3, 0.4) is 0 Å². The van der Waals surface area contributed by atoms with Gasteiger partial charge in [-0.25, -0.2) is 4.79 Å². The summed E-state index contributed by atoms with van der Waals surface area (Å²) in [5, 5.41) is 0. The third kappa shape index (κ3) is 1.99. The molecule has 0 aliphatic heterocycles. The molecule has 3 aromatic rings. The summed E-state index contributed by atoms with van der Waals surface area (Å²) >= 11 is 0. The molecule has 0 atom stereocenters. The topological polar surface area (TPSA) is 37.8 Å². The van der Waals surface area contributed by atoms with Crippen LogP contribution in [0.1, 0.15) is 0 Å². The van der Waals surface area contributed by atoms with Crippen LogP contribution in [-0.2, 0) is 7.05 Å². The van der Waals surface area contributed by atoms with Crippen LogP contribution in [0.5, 0.6) is 0 Å². The lowest BCUT2D eigenvalue weighted by molar-refractivity contribution is 0.869. The Labute approximate surface area is 111 Å². The van der Waals surface area contributed by atoms with Gasteiger partial charge in [-0.05, 0) is 0 Å². The molecule has 3 nitrogen and oxygen atoms in total. The molecule has 1 aromatic heterocycles. The first-order valence-electron chi connectivity index (χ1n) is 6.17. The first-order valence-corrected chi connectivity index (χ1v) is 6.17. The molecule has 1 heterocycles. The second kappa shape index (κ2) is 4.61. The summed E-state index contributed by atoms with van der Waals surface area (Å²) in [6, 6.07) is 19.8. The Morgan fingerprint density at radius 1 is 0.842 bits per heavy atom. The summed E-state index contributed by atoms with van der Waals surface area (Å²) < 4.78 is 1.65. The van der Waals surface area contributed by atoms with Crippen LogP contribution in [0.4, 0.5) is 0 Å². The molecule has 0 amide bonds. The average molecular weight is 250 g/mol. The van der Waals surface area contributed by atoms with Crippen LogP contribution in [0, 0.1) is 0 Å². The van der Waals surface area contributed by atoms with Crippen LogP contribution in [-0.4, -0.2) is 9.55 Å². The summed E-state index contributed by atoms with van der Waals surface area (Å²) in [7, 11) is 1.79. The van der Waals surface area contributed by atoms with Crippen molar-refractivity contribution in [3.05, 3.63) is 71.1 Å². The van der Waals surface area contributed by atoms with Crippen LogP contribution < -0.4 is 5.69 Å². The average Bonchev–Trinajstić information content (AvgIpc) is 2.77. The zero-order chi connectivity index (χ0) is 13.2. The van der Waals surface area contributed by atoms with Gasteiger partial charge in [0, 0.05) is 18.2 Å². The van der Waals surface area contributed by atoms with Gasteiger partial charge in [-0.1, -0.05) is 60.7 Å². The summed E-state index contributed by atoms with van der Waals surface area (Å²) in [6.45, 7) is 0. The molecule has 0 aliphatic carbocycles. The Balaban J connectivity index is 2.28. The highest BCUT2D eigenvalue weighted by Crippen LogP contribution is 2.28. The van der Waals surface area contributed by atoms with Crippen molar-refractivity contribution >= 4 is 0 Å². The zero-order valence-corrected chi connectivity index (χ0v) is 10.6. The van der Waals surface area contributed by atoms with E-state index in [1.54, 1.807) is 11.6 Å². The van der Waals surface area contributed by atoms with E-state index in [1.807, 2.05) is 60.7 Å². The van der Waals surface area contributed by atoms with Crippen molar-refractivity contribution < 1.29 is 0 Å². The van der Waals surface area contributed by atoms with Gasteiger partial charge in [0.15, 0.2) is 0 Å². The summed E-state index contributed by atoms with van der Waals surface area (Å²) in [4.78, 5) is 14.8. The number of aromatic nitrogens is 2. The molecule has 0 fully saturated rings. The maximum Gasteiger partial charge on any atom is 0.326 e. The molecule has 0 saturated heterocycles. The van der Waals surface area contributed by atoms with Gasteiger partial charge in [0.05, 0.1) is 11.4 Å². The molecule has 94 valence electrons. The van der Waals surface area contributed by atoms with E-state index in [0.29, 0.717) is 0 Å². The standard InChI is InChI=1S/C16H14N2O/c1-18-15(13-10-6-3-7-11-13)14(17-16(18)19)12-8-4-2-5-9-12/h2-11H,1H3,(H,17,19). The lowest BCUT2D eigenvalue weighted by Gasteiger charge is -2.06. The first-order chi connectivity index (χ1) is 9.27. The Morgan fingerprint density at radius 3 is 1.95 bits per heavy atom. The first kappa shape index (κ1) is 11.5. The van der Waals surface area contributed by atoms with Crippen molar-refractivity contribution in [1.29, 1.82) is 0 Å². The Hall–Kier alpha value is -2.55. The highest BCUT2D eigenvalue weighted by atomic mass is 16.1. The summed E-state index contributed by atoms with van der Waals surface area (Å²) in [5.74, 6) is 0. The van der Waals surface area contributed by atoms with Gasteiger partial charge in [-0.3, -0.25) is 4.57 Å². The number of hydrogen-bond donors (Lipinski definition) is 1. The highest BCUT2D eigenvalue weighted by Gasteiger charge is 2.14. The highest BCUT2D eigenvalue weighted by molar-refractivity contribution is 5.78. The van der Waals surface area contributed by atoms with Crippen LogP contribution in [0.2, 0.25) is 0 Å². The van der Waals surface area contributed by atoms with Crippen molar-refractivity contribution in [3.63, 3.8) is 0 Å². The molecule has 0 radical (unpaired) electrons.